The van der Waals surface area contributed by atoms with E-state index in [-0.39, 0.29) is 55.2 Å². The van der Waals surface area contributed by atoms with Crippen molar-refractivity contribution in [2.24, 2.45) is 0 Å². The van der Waals surface area contributed by atoms with Gasteiger partial charge >= 0.3 is 18.1 Å². The summed E-state index contributed by atoms with van der Waals surface area (Å²) in [5, 5.41) is 74.6. The van der Waals surface area contributed by atoms with E-state index in [1.54, 1.807) is 51.1 Å². The van der Waals surface area contributed by atoms with Crippen molar-refractivity contribution in [2.45, 2.75) is 18.3 Å². The van der Waals surface area contributed by atoms with Crippen LogP contribution < -0.4 is 46.1 Å². The number of phenols is 3. The SMILES string of the molecule is O=C(NCCNCC(O)COc1ccc(O)cc1)N1CCOCC1.O=C(NCCNCC(O)COc1ccc(O)cc1)N1CCOCC1.O=C(NCCNCC(O)COc1ccc(O)cc1)N1CCOCC1. The van der Waals surface area contributed by atoms with E-state index < -0.39 is 18.3 Å². The molecule has 0 saturated carbocycles. The van der Waals surface area contributed by atoms with Crippen LogP contribution in [0.5, 0.6) is 34.5 Å². The zero-order valence-electron chi connectivity index (χ0n) is 40.8. The number of aromatic hydroxyl groups is 3. The van der Waals surface area contributed by atoms with Crippen LogP contribution in [0, 0.1) is 0 Å². The lowest BCUT2D eigenvalue weighted by Crippen LogP contribution is -2.47. The normalized spacial score (nSPS) is 15.8. The van der Waals surface area contributed by atoms with Gasteiger partial charge in [0.2, 0.25) is 0 Å². The summed E-state index contributed by atoms with van der Waals surface area (Å²) < 4.78 is 31.8. The van der Waals surface area contributed by atoms with Gasteiger partial charge in [0.05, 0.1) is 39.6 Å². The molecule has 0 bridgehead atoms. The Morgan fingerprint density at radius 1 is 0.417 bits per heavy atom. The van der Waals surface area contributed by atoms with Gasteiger partial charge in [0.1, 0.15) is 72.6 Å². The maximum Gasteiger partial charge on any atom is 0.317 e. The van der Waals surface area contributed by atoms with Crippen molar-refractivity contribution in [1.29, 1.82) is 0 Å². The Hall–Kier alpha value is -6.09. The number of aliphatic hydroxyl groups excluding tert-OH is 3. The molecule has 0 aromatic heterocycles. The lowest BCUT2D eigenvalue weighted by atomic mass is 10.3. The molecule has 3 aliphatic heterocycles. The highest BCUT2D eigenvalue weighted by molar-refractivity contribution is 5.75. The molecule has 3 aromatic carbocycles. The zero-order valence-corrected chi connectivity index (χ0v) is 40.8. The summed E-state index contributed by atoms with van der Waals surface area (Å²) in [6.07, 6.45) is -1.98. The van der Waals surface area contributed by atoms with Crippen LogP contribution in [0.4, 0.5) is 14.4 Å². The minimum absolute atomic E-state index is 0.0867. The van der Waals surface area contributed by atoms with Gasteiger partial charge in [-0.15, -0.1) is 0 Å². The third-order valence-electron chi connectivity index (χ3n) is 10.6. The summed E-state index contributed by atoms with van der Waals surface area (Å²) in [4.78, 5) is 40.6. The number of ether oxygens (including phenoxy) is 6. The van der Waals surface area contributed by atoms with Crippen LogP contribution in [0.3, 0.4) is 0 Å². The average Bonchev–Trinajstić information content (AvgIpc) is 3.41. The first-order valence-corrected chi connectivity index (χ1v) is 24.2. The molecule has 3 aromatic rings. The van der Waals surface area contributed by atoms with Gasteiger partial charge in [0, 0.05) is 98.2 Å². The van der Waals surface area contributed by atoms with Crippen molar-refractivity contribution in [3.8, 4) is 34.5 Å². The van der Waals surface area contributed by atoms with Crippen LogP contribution in [0.25, 0.3) is 0 Å². The Kier molecular flexibility index (Phi) is 28.5. The molecular formula is C48H75N9O15. The van der Waals surface area contributed by atoms with Gasteiger partial charge in [-0.1, -0.05) is 0 Å². The molecule has 3 atom stereocenters. The second-order valence-electron chi connectivity index (χ2n) is 16.5. The molecule has 3 heterocycles. The van der Waals surface area contributed by atoms with Gasteiger partial charge in [-0.2, -0.15) is 0 Å². The van der Waals surface area contributed by atoms with Crippen molar-refractivity contribution >= 4 is 18.1 Å². The van der Waals surface area contributed by atoms with Crippen molar-refractivity contribution in [3.05, 3.63) is 72.8 Å². The van der Waals surface area contributed by atoms with Crippen molar-refractivity contribution in [1.82, 2.24) is 46.6 Å². The van der Waals surface area contributed by atoms with Crippen molar-refractivity contribution in [3.63, 3.8) is 0 Å². The number of rotatable bonds is 24. The first-order valence-electron chi connectivity index (χ1n) is 24.2. The smallest absolute Gasteiger partial charge is 0.317 e. The number of phenolic OH excluding ortho intramolecular Hbond substituents is 3. The van der Waals surface area contributed by atoms with Crippen LogP contribution in [0.15, 0.2) is 72.8 Å². The molecule has 3 saturated heterocycles. The fraction of sp³-hybridized carbons (Fsp3) is 0.562. The number of carbonyl (C=O) groups excluding carboxylic acids is 3. The van der Waals surface area contributed by atoms with E-state index >= 15 is 0 Å². The summed E-state index contributed by atoms with van der Waals surface area (Å²) in [5.74, 6) is 2.27. The highest BCUT2D eigenvalue weighted by atomic mass is 16.5. The highest BCUT2D eigenvalue weighted by Crippen LogP contribution is 2.18. The number of hydrogen-bond acceptors (Lipinski definition) is 18. The summed E-state index contributed by atoms with van der Waals surface area (Å²) >= 11 is 0. The van der Waals surface area contributed by atoms with Gasteiger partial charge in [0.15, 0.2) is 0 Å². The minimum atomic E-state index is -0.659. The number of hydrogen-bond donors (Lipinski definition) is 12. The van der Waals surface area contributed by atoms with E-state index in [1.807, 2.05) is 0 Å². The molecule has 3 aliphatic rings. The summed E-state index contributed by atoms with van der Waals surface area (Å²) in [6.45, 7) is 11.9. The number of nitrogens with one attached hydrogen (secondary N) is 6. The molecular weight excluding hydrogens is 943 g/mol. The molecule has 12 N–H and O–H groups in total. The Bertz CT molecular complexity index is 1690. The van der Waals surface area contributed by atoms with Gasteiger partial charge in [-0.05, 0) is 72.8 Å². The van der Waals surface area contributed by atoms with E-state index in [9.17, 15) is 29.7 Å². The standard InChI is InChI=1S/3C16H25N3O5/c3*20-13-1-3-15(4-2-13)24-12-14(21)11-17-5-6-18-16(22)19-7-9-23-10-8-19/h3*1-4,14,17,20-21H,5-12H2,(H,18,22). The molecule has 0 spiro atoms. The van der Waals surface area contributed by atoms with Crippen LogP contribution >= 0.6 is 0 Å². The maximum atomic E-state index is 11.8. The third-order valence-corrected chi connectivity index (χ3v) is 10.6. The third kappa shape index (κ3) is 25.9. The van der Waals surface area contributed by atoms with Crippen molar-refractivity contribution in [2.75, 3.05) is 158 Å². The number of carbonyl (C=O) groups is 3. The Balaban J connectivity index is 0.000000234. The van der Waals surface area contributed by atoms with E-state index in [2.05, 4.69) is 31.9 Å². The number of urea groups is 3. The summed E-state index contributed by atoms with van der Waals surface area (Å²) in [6, 6.07) is 18.7. The van der Waals surface area contributed by atoms with E-state index in [1.165, 1.54) is 36.4 Å². The van der Waals surface area contributed by atoms with Gasteiger partial charge in [-0.25, -0.2) is 14.4 Å². The van der Waals surface area contributed by atoms with Gasteiger partial charge in [0.25, 0.3) is 0 Å². The molecule has 402 valence electrons. The second kappa shape index (κ2) is 35.1. The minimum Gasteiger partial charge on any atom is -0.508 e. The van der Waals surface area contributed by atoms with E-state index in [0.717, 1.165) is 0 Å². The van der Waals surface area contributed by atoms with Crippen LogP contribution in [-0.2, 0) is 14.2 Å². The monoisotopic (exact) mass is 1020 g/mol. The Labute approximate surface area is 420 Å². The number of benzene rings is 3. The maximum absolute atomic E-state index is 11.8. The van der Waals surface area contributed by atoms with Crippen molar-refractivity contribution < 1.29 is 73.4 Å². The fourth-order valence-corrected chi connectivity index (χ4v) is 6.60. The predicted octanol–water partition coefficient (Wildman–Crippen LogP) is -0.710. The topological polar surface area (TPSA) is 310 Å². The molecule has 6 rings (SSSR count). The number of aliphatic hydroxyl groups is 3. The van der Waals surface area contributed by atoms with Crippen LogP contribution in [0.2, 0.25) is 0 Å². The summed E-state index contributed by atoms with van der Waals surface area (Å²) in [5.41, 5.74) is 0. The zero-order chi connectivity index (χ0) is 51.6. The van der Waals surface area contributed by atoms with Gasteiger partial charge < -0.3 is 106 Å². The molecule has 0 radical (unpaired) electrons. The van der Waals surface area contributed by atoms with E-state index in [4.69, 9.17) is 43.7 Å². The highest BCUT2D eigenvalue weighted by Gasteiger charge is 2.18. The molecule has 24 nitrogen and oxygen atoms in total. The Morgan fingerprint density at radius 3 is 0.889 bits per heavy atom. The molecule has 6 amide bonds. The molecule has 24 heteroatoms. The lowest BCUT2D eigenvalue weighted by molar-refractivity contribution is 0.0532. The molecule has 0 aliphatic carbocycles. The number of nitrogens with zero attached hydrogens (tertiary/aromatic N) is 3. The molecule has 3 fully saturated rings. The Morgan fingerprint density at radius 2 is 0.653 bits per heavy atom. The lowest BCUT2D eigenvalue weighted by Gasteiger charge is -2.27. The van der Waals surface area contributed by atoms with Gasteiger partial charge in [-0.3, -0.25) is 0 Å². The number of amides is 6. The largest absolute Gasteiger partial charge is 0.508 e. The summed E-state index contributed by atoms with van der Waals surface area (Å²) in [7, 11) is 0. The number of morpholine rings is 3. The fourth-order valence-electron chi connectivity index (χ4n) is 6.60. The molecule has 3 unspecified atom stereocenters. The quantitative estimate of drug-likeness (QED) is 0.0494. The second-order valence-corrected chi connectivity index (χ2v) is 16.5. The van der Waals surface area contributed by atoms with Crippen LogP contribution in [0.1, 0.15) is 0 Å². The molecule has 72 heavy (non-hydrogen) atoms. The predicted molar refractivity (Wildman–Crippen MR) is 265 cm³/mol. The van der Waals surface area contributed by atoms with E-state index in [0.29, 0.717) is 155 Å². The average molecular weight is 1020 g/mol. The first-order chi connectivity index (χ1) is 34.9. The van der Waals surface area contributed by atoms with Crippen LogP contribution in [-0.4, -0.2) is 239 Å². The first kappa shape index (κ1) is 58.5.